The molecule has 1 atom stereocenters. The Balaban J connectivity index is 2.47. The Morgan fingerprint density at radius 2 is 2.19 bits per heavy atom. The summed E-state index contributed by atoms with van der Waals surface area (Å²) in [7, 11) is 0. The van der Waals surface area contributed by atoms with Crippen LogP contribution in [0.15, 0.2) is 0 Å². The number of nitrogens with two attached hydrogens (primary N) is 1. The second kappa shape index (κ2) is 6.48. The van der Waals surface area contributed by atoms with Crippen LogP contribution in [0.4, 0.5) is 0 Å². The smallest absolute Gasteiger partial charge is 0.240 e. The first-order valence-electron chi connectivity index (χ1n) is 5.96. The van der Waals surface area contributed by atoms with Gasteiger partial charge in [-0.1, -0.05) is 6.92 Å². The molecule has 92 valence electrons. The van der Waals surface area contributed by atoms with Gasteiger partial charge in [0.25, 0.3) is 0 Å². The highest BCUT2D eigenvalue weighted by atomic mass is 16.2. The highest BCUT2D eigenvalue weighted by Gasteiger charge is 2.29. The molecule has 5 heteroatoms. The summed E-state index contributed by atoms with van der Waals surface area (Å²) in [6.07, 6.45) is 3.10. The fraction of sp³-hybridized carbons (Fsp3) is 0.818. The molecule has 0 saturated carbocycles. The largest absolute Gasteiger partial charge is 0.368 e. The Morgan fingerprint density at radius 3 is 2.81 bits per heavy atom. The standard InChI is InChI=1S/C11H21N3O2/c1-2-13-7-6-10(15)14-8-4-3-5-9(14)11(12)16/h9,13H,2-8H2,1H3,(H2,12,16). The first kappa shape index (κ1) is 13.0. The Labute approximate surface area is 96.4 Å². The van der Waals surface area contributed by atoms with Gasteiger partial charge < -0.3 is 16.0 Å². The molecule has 1 aliphatic heterocycles. The normalized spacial score (nSPS) is 20.8. The summed E-state index contributed by atoms with van der Waals surface area (Å²) in [5, 5.41) is 3.10. The third-order valence-electron chi connectivity index (χ3n) is 2.92. The molecule has 0 aromatic carbocycles. The van der Waals surface area contributed by atoms with E-state index in [1.54, 1.807) is 4.90 Å². The number of primary amides is 1. The van der Waals surface area contributed by atoms with Gasteiger partial charge in [-0.15, -0.1) is 0 Å². The van der Waals surface area contributed by atoms with Gasteiger partial charge in [0.2, 0.25) is 11.8 Å². The number of hydrogen-bond donors (Lipinski definition) is 2. The van der Waals surface area contributed by atoms with Crippen molar-refractivity contribution in [3.8, 4) is 0 Å². The van der Waals surface area contributed by atoms with Crippen molar-refractivity contribution in [2.24, 2.45) is 5.73 Å². The molecule has 0 aliphatic carbocycles. The van der Waals surface area contributed by atoms with Gasteiger partial charge >= 0.3 is 0 Å². The second-order valence-electron chi connectivity index (χ2n) is 4.10. The summed E-state index contributed by atoms with van der Waals surface area (Å²) in [4.78, 5) is 24.7. The lowest BCUT2D eigenvalue weighted by Crippen LogP contribution is -2.50. The van der Waals surface area contributed by atoms with E-state index >= 15 is 0 Å². The summed E-state index contributed by atoms with van der Waals surface area (Å²) >= 11 is 0. The molecule has 1 unspecified atom stereocenters. The van der Waals surface area contributed by atoms with E-state index in [2.05, 4.69) is 5.32 Å². The van der Waals surface area contributed by atoms with Crippen LogP contribution in [0.2, 0.25) is 0 Å². The first-order chi connectivity index (χ1) is 7.66. The minimum atomic E-state index is -0.386. The number of carbonyl (C=O) groups excluding carboxylic acids is 2. The maximum absolute atomic E-state index is 11.9. The van der Waals surface area contributed by atoms with Gasteiger partial charge in [-0.3, -0.25) is 9.59 Å². The SMILES string of the molecule is CCNCCC(=O)N1CCCCC1C(N)=O. The van der Waals surface area contributed by atoms with E-state index in [9.17, 15) is 9.59 Å². The van der Waals surface area contributed by atoms with Crippen LogP contribution < -0.4 is 11.1 Å². The van der Waals surface area contributed by atoms with Crippen LogP contribution >= 0.6 is 0 Å². The van der Waals surface area contributed by atoms with E-state index < -0.39 is 0 Å². The van der Waals surface area contributed by atoms with Crippen molar-refractivity contribution < 1.29 is 9.59 Å². The number of hydrogen-bond acceptors (Lipinski definition) is 3. The predicted octanol–water partition coefficient (Wildman–Crippen LogP) is -0.148. The molecule has 0 aromatic rings. The number of nitrogens with one attached hydrogen (secondary N) is 1. The van der Waals surface area contributed by atoms with Crippen LogP contribution in [0.5, 0.6) is 0 Å². The lowest BCUT2D eigenvalue weighted by molar-refractivity contribution is -0.141. The second-order valence-corrected chi connectivity index (χ2v) is 4.10. The number of rotatable bonds is 5. The molecule has 1 fully saturated rings. The number of piperidine rings is 1. The van der Waals surface area contributed by atoms with Crippen molar-refractivity contribution in [2.45, 2.75) is 38.6 Å². The zero-order valence-electron chi connectivity index (χ0n) is 9.87. The summed E-state index contributed by atoms with van der Waals surface area (Å²) in [5.74, 6) is -0.346. The van der Waals surface area contributed by atoms with Crippen LogP contribution in [0, 0.1) is 0 Å². The van der Waals surface area contributed by atoms with Crippen molar-refractivity contribution in [3.05, 3.63) is 0 Å². The van der Waals surface area contributed by atoms with Crippen LogP contribution in [-0.4, -0.2) is 42.4 Å². The fourth-order valence-corrected chi connectivity index (χ4v) is 2.04. The summed E-state index contributed by atoms with van der Waals surface area (Å²) < 4.78 is 0. The van der Waals surface area contributed by atoms with Crippen LogP contribution in [-0.2, 0) is 9.59 Å². The van der Waals surface area contributed by atoms with E-state index in [1.807, 2.05) is 6.92 Å². The minimum absolute atomic E-state index is 0.0319. The number of carbonyl (C=O) groups is 2. The maximum Gasteiger partial charge on any atom is 0.240 e. The monoisotopic (exact) mass is 227 g/mol. The molecule has 1 heterocycles. The third kappa shape index (κ3) is 3.48. The summed E-state index contributed by atoms with van der Waals surface area (Å²) in [6.45, 7) is 4.18. The molecular weight excluding hydrogens is 206 g/mol. The molecule has 0 bridgehead atoms. The molecule has 3 N–H and O–H groups in total. The number of nitrogens with zero attached hydrogens (tertiary/aromatic N) is 1. The molecule has 16 heavy (non-hydrogen) atoms. The van der Waals surface area contributed by atoms with Gasteiger partial charge in [-0.25, -0.2) is 0 Å². The van der Waals surface area contributed by atoms with Gasteiger partial charge in [0.05, 0.1) is 0 Å². The molecule has 1 saturated heterocycles. The van der Waals surface area contributed by atoms with E-state index in [0.29, 0.717) is 25.9 Å². The summed E-state index contributed by atoms with van der Waals surface area (Å²) in [6, 6.07) is -0.386. The van der Waals surface area contributed by atoms with Gasteiger partial charge in [-0.05, 0) is 25.8 Å². The highest BCUT2D eigenvalue weighted by Crippen LogP contribution is 2.17. The van der Waals surface area contributed by atoms with Crippen molar-refractivity contribution in [3.63, 3.8) is 0 Å². The molecular formula is C11H21N3O2. The molecule has 1 aliphatic rings. The Morgan fingerprint density at radius 1 is 1.44 bits per heavy atom. The topological polar surface area (TPSA) is 75.4 Å². The Hall–Kier alpha value is -1.10. The van der Waals surface area contributed by atoms with E-state index in [-0.39, 0.29) is 17.9 Å². The van der Waals surface area contributed by atoms with Gasteiger partial charge in [-0.2, -0.15) is 0 Å². The average molecular weight is 227 g/mol. The molecule has 5 nitrogen and oxygen atoms in total. The van der Waals surface area contributed by atoms with Gasteiger partial charge in [0, 0.05) is 19.5 Å². The highest BCUT2D eigenvalue weighted by molar-refractivity contribution is 5.86. The predicted molar refractivity (Wildman–Crippen MR) is 61.7 cm³/mol. The molecule has 0 radical (unpaired) electrons. The average Bonchev–Trinajstić information content (AvgIpc) is 2.29. The molecule has 0 spiro atoms. The zero-order chi connectivity index (χ0) is 12.0. The lowest BCUT2D eigenvalue weighted by Gasteiger charge is -2.33. The molecule has 1 rings (SSSR count). The summed E-state index contributed by atoms with van der Waals surface area (Å²) in [5.41, 5.74) is 5.30. The van der Waals surface area contributed by atoms with Gasteiger partial charge in [0.1, 0.15) is 6.04 Å². The van der Waals surface area contributed by atoms with Crippen LogP contribution in [0.25, 0.3) is 0 Å². The lowest BCUT2D eigenvalue weighted by atomic mass is 10.0. The Kier molecular flexibility index (Phi) is 5.25. The molecule has 0 aromatic heterocycles. The van der Waals surface area contributed by atoms with Crippen molar-refractivity contribution >= 4 is 11.8 Å². The first-order valence-corrected chi connectivity index (χ1v) is 5.96. The van der Waals surface area contributed by atoms with Crippen molar-refractivity contribution in [1.29, 1.82) is 0 Å². The quantitative estimate of drug-likeness (QED) is 0.641. The zero-order valence-corrected chi connectivity index (χ0v) is 9.87. The number of likely N-dealkylation sites (tertiary alicyclic amines) is 1. The Bertz CT molecular complexity index is 256. The maximum atomic E-state index is 11.9. The van der Waals surface area contributed by atoms with Crippen LogP contribution in [0.1, 0.15) is 32.6 Å². The van der Waals surface area contributed by atoms with Crippen LogP contribution in [0.3, 0.4) is 0 Å². The van der Waals surface area contributed by atoms with Crippen molar-refractivity contribution in [1.82, 2.24) is 10.2 Å². The molecule has 2 amide bonds. The van der Waals surface area contributed by atoms with Crippen molar-refractivity contribution in [2.75, 3.05) is 19.6 Å². The van der Waals surface area contributed by atoms with Gasteiger partial charge in [0.15, 0.2) is 0 Å². The van der Waals surface area contributed by atoms with E-state index in [4.69, 9.17) is 5.73 Å². The van der Waals surface area contributed by atoms with E-state index in [0.717, 1.165) is 19.4 Å². The van der Waals surface area contributed by atoms with E-state index in [1.165, 1.54) is 0 Å². The fourth-order valence-electron chi connectivity index (χ4n) is 2.04. The minimum Gasteiger partial charge on any atom is -0.368 e. The third-order valence-corrected chi connectivity index (χ3v) is 2.92. The number of amides is 2.